The molecule has 19 heavy (non-hydrogen) atoms. The van der Waals surface area contributed by atoms with Crippen molar-refractivity contribution in [3.05, 3.63) is 29.8 Å². The zero-order valence-corrected chi connectivity index (χ0v) is 11.6. The van der Waals surface area contributed by atoms with E-state index in [1.807, 2.05) is 24.3 Å². The Bertz CT molecular complexity index is 397. The molecule has 0 spiro atoms. The molecular weight excluding hydrogens is 240 g/mol. The summed E-state index contributed by atoms with van der Waals surface area (Å²) in [5.41, 5.74) is 6.63. The van der Waals surface area contributed by atoms with Gasteiger partial charge >= 0.3 is 0 Å². The average molecular weight is 264 g/mol. The van der Waals surface area contributed by atoms with Crippen molar-refractivity contribution in [2.75, 3.05) is 19.7 Å². The molecule has 3 N–H and O–H groups in total. The van der Waals surface area contributed by atoms with Crippen molar-refractivity contribution in [1.29, 1.82) is 0 Å². The summed E-state index contributed by atoms with van der Waals surface area (Å²) in [6.45, 7) is 4.75. The maximum absolute atomic E-state index is 10.1. The van der Waals surface area contributed by atoms with Crippen LogP contribution < -0.4 is 10.5 Å². The van der Waals surface area contributed by atoms with Crippen LogP contribution in [0.2, 0.25) is 0 Å². The Labute approximate surface area is 115 Å². The molecule has 106 valence electrons. The summed E-state index contributed by atoms with van der Waals surface area (Å²) in [4.78, 5) is 2.32. The molecule has 0 aromatic heterocycles. The Morgan fingerprint density at radius 3 is 2.95 bits per heavy atom. The van der Waals surface area contributed by atoms with Crippen LogP contribution in [0.15, 0.2) is 24.3 Å². The van der Waals surface area contributed by atoms with E-state index in [4.69, 9.17) is 10.5 Å². The molecule has 0 radical (unpaired) electrons. The van der Waals surface area contributed by atoms with Gasteiger partial charge in [-0.3, -0.25) is 4.90 Å². The van der Waals surface area contributed by atoms with Crippen LogP contribution in [-0.4, -0.2) is 41.8 Å². The van der Waals surface area contributed by atoms with Crippen molar-refractivity contribution in [3.63, 3.8) is 0 Å². The van der Waals surface area contributed by atoms with E-state index in [0.717, 1.165) is 17.9 Å². The van der Waals surface area contributed by atoms with E-state index in [1.54, 1.807) is 0 Å². The summed E-state index contributed by atoms with van der Waals surface area (Å²) < 4.78 is 5.68. The molecule has 4 nitrogen and oxygen atoms in total. The van der Waals surface area contributed by atoms with Crippen molar-refractivity contribution in [2.24, 2.45) is 5.73 Å². The van der Waals surface area contributed by atoms with Crippen molar-refractivity contribution >= 4 is 0 Å². The number of nitrogens with two attached hydrogens (primary N) is 1. The van der Waals surface area contributed by atoms with Crippen molar-refractivity contribution in [3.8, 4) is 5.75 Å². The van der Waals surface area contributed by atoms with Gasteiger partial charge in [-0.15, -0.1) is 0 Å². The minimum absolute atomic E-state index is 0.320. The molecule has 1 aromatic carbocycles. The minimum atomic E-state index is -0.452. The van der Waals surface area contributed by atoms with Gasteiger partial charge in [0.2, 0.25) is 0 Å². The average Bonchev–Trinajstić information content (AvgIpc) is 2.82. The lowest BCUT2D eigenvalue weighted by Crippen LogP contribution is -2.37. The highest BCUT2D eigenvalue weighted by Gasteiger charge is 2.22. The molecule has 1 aromatic rings. The monoisotopic (exact) mass is 264 g/mol. The Hall–Kier alpha value is -1.10. The van der Waals surface area contributed by atoms with Crippen molar-refractivity contribution < 1.29 is 9.84 Å². The first-order valence-corrected chi connectivity index (χ1v) is 7.03. The summed E-state index contributed by atoms with van der Waals surface area (Å²) in [5.74, 6) is 0.776. The quantitative estimate of drug-likeness (QED) is 0.815. The lowest BCUT2D eigenvalue weighted by Gasteiger charge is -2.24. The van der Waals surface area contributed by atoms with Crippen LogP contribution in [-0.2, 0) is 6.54 Å². The Balaban J connectivity index is 1.81. The van der Waals surface area contributed by atoms with Gasteiger partial charge in [0.25, 0.3) is 0 Å². The molecule has 1 aliphatic rings. The molecule has 1 heterocycles. The van der Waals surface area contributed by atoms with Crippen LogP contribution >= 0.6 is 0 Å². The number of ether oxygens (including phenoxy) is 1. The number of nitrogens with zero attached hydrogens (tertiary/aromatic N) is 1. The molecule has 1 aliphatic heterocycles. The summed E-state index contributed by atoms with van der Waals surface area (Å²) in [6.07, 6.45) is 2.00. The highest BCUT2D eigenvalue weighted by Crippen LogP contribution is 2.19. The van der Waals surface area contributed by atoms with E-state index in [9.17, 15) is 5.11 Å². The Morgan fingerprint density at radius 2 is 2.26 bits per heavy atom. The maximum atomic E-state index is 10.1. The van der Waals surface area contributed by atoms with Gasteiger partial charge in [-0.1, -0.05) is 18.2 Å². The number of β-amino-alcohol motifs (C(OH)–C–C–N with tert-alkyl or cyclic N) is 1. The molecule has 1 saturated heterocycles. The molecule has 0 bridgehead atoms. The number of aliphatic hydroxyl groups is 1. The van der Waals surface area contributed by atoms with Crippen LogP contribution in [0.3, 0.4) is 0 Å². The van der Waals surface area contributed by atoms with Gasteiger partial charge < -0.3 is 15.6 Å². The van der Waals surface area contributed by atoms with E-state index in [-0.39, 0.29) is 0 Å². The van der Waals surface area contributed by atoms with Gasteiger partial charge in [0, 0.05) is 24.7 Å². The van der Waals surface area contributed by atoms with Crippen LogP contribution in [0, 0.1) is 0 Å². The largest absolute Gasteiger partial charge is 0.491 e. The van der Waals surface area contributed by atoms with E-state index in [2.05, 4.69) is 11.8 Å². The molecule has 1 fully saturated rings. The maximum Gasteiger partial charge on any atom is 0.123 e. The first kappa shape index (κ1) is 14.3. The normalized spacial score (nSPS) is 21.5. The van der Waals surface area contributed by atoms with Gasteiger partial charge in [-0.2, -0.15) is 0 Å². The second-order valence-electron chi connectivity index (χ2n) is 5.26. The number of rotatable bonds is 6. The zero-order chi connectivity index (χ0) is 13.7. The van der Waals surface area contributed by atoms with Crippen LogP contribution in [0.5, 0.6) is 5.75 Å². The Morgan fingerprint density at radius 1 is 1.47 bits per heavy atom. The van der Waals surface area contributed by atoms with E-state index in [1.165, 1.54) is 12.8 Å². The van der Waals surface area contributed by atoms with Gasteiger partial charge in [0.05, 0.1) is 0 Å². The van der Waals surface area contributed by atoms with Crippen molar-refractivity contribution in [1.82, 2.24) is 4.90 Å². The highest BCUT2D eigenvalue weighted by molar-refractivity contribution is 5.32. The van der Waals surface area contributed by atoms with E-state index in [0.29, 0.717) is 25.7 Å². The number of hydrogen-bond acceptors (Lipinski definition) is 4. The third kappa shape index (κ3) is 3.93. The molecule has 4 heteroatoms. The number of para-hydroxylation sites is 1. The van der Waals surface area contributed by atoms with Gasteiger partial charge in [-0.05, 0) is 32.4 Å². The number of aliphatic hydroxyl groups excluding tert-OH is 1. The highest BCUT2D eigenvalue weighted by atomic mass is 16.5. The summed E-state index contributed by atoms with van der Waals surface area (Å²) >= 11 is 0. The van der Waals surface area contributed by atoms with Crippen LogP contribution in [0.25, 0.3) is 0 Å². The van der Waals surface area contributed by atoms with E-state index >= 15 is 0 Å². The third-order valence-corrected chi connectivity index (χ3v) is 3.76. The Kier molecular flexibility index (Phi) is 5.19. The molecular formula is C15H24N2O2. The van der Waals surface area contributed by atoms with Crippen LogP contribution in [0.4, 0.5) is 0 Å². The fourth-order valence-corrected chi connectivity index (χ4v) is 2.59. The zero-order valence-electron chi connectivity index (χ0n) is 11.6. The molecule has 0 saturated carbocycles. The standard InChI is InChI=1S/C15H24N2O2/c1-12-5-4-8-17(12)10-14(18)11-19-15-7-3-2-6-13(15)9-16/h2-3,6-7,12,14,18H,4-5,8-11,16H2,1H3. The lowest BCUT2D eigenvalue weighted by atomic mass is 10.2. The van der Waals surface area contributed by atoms with Crippen LogP contribution in [0.1, 0.15) is 25.3 Å². The smallest absolute Gasteiger partial charge is 0.123 e. The molecule has 2 rings (SSSR count). The van der Waals surface area contributed by atoms with E-state index < -0.39 is 6.10 Å². The first-order valence-electron chi connectivity index (χ1n) is 7.03. The molecule has 2 unspecified atom stereocenters. The molecule has 2 atom stereocenters. The predicted octanol–water partition coefficient (Wildman–Crippen LogP) is 1.37. The lowest BCUT2D eigenvalue weighted by molar-refractivity contribution is 0.0659. The third-order valence-electron chi connectivity index (χ3n) is 3.76. The fraction of sp³-hybridized carbons (Fsp3) is 0.600. The predicted molar refractivity (Wildman–Crippen MR) is 76.1 cm³/mol. The second kappa shape index (κ2) is 6.89. The SMILES string of the molecule is CC1CCCN1CC(O)COc1ccccc1CN. The summed E-state index contributed by atoms with van der Waals surface area (Å²) in [5, 5.41) is 10.1. The molecule has 0 aliphatic carbocycles. The number of benzene rings is 1. The minimum Gasteiger partial charge on any atom is -0.491 e. The fourth-order valence-electron chi connectivity index (χ4n) is 2.59. The van der Waals surface area contributed by atoms with Crippen molar-refractivity contribution in [2.45, 2.75) is 38.5 Å². The molecule has 0 amide bonds. The summed E-state index contributed by atoms with van der Waals surface area (Å²) in [7, 11) is 0. The van der Waals surface area contributed by atoms with Gasteiger partial charge in [-0.25, -0.2) is 0 Å². The second-order valence-corrected chi connectivity index (χ2v) is 5.26. The topological polar surface area (TPSA) is 58.7 Å². The summed E-state index contributed by atoms with van der Waals surface area (Å²) in [6, 6.07) is 8.28. The number of likely N-dealkylation sites (tertiary alicyclic amines) is 1. The van der Waals surface area contributed by atoms with Gasteiger partial charge in [0.15, 0.2) is 0 Å². The first-order chi connectivity index (χ1) is 9.20. The van der Waals surface area contributed by atoms with Gasteiger partial charge in [0.1, 0.15) is 18.5 Å². The number of hydrogen-bond donors (Lipinski definition) is 2.